The number of carbonyl (C=O) groups is 1. The highest BCUT2D eigenvalue weighted by Gasteiger charge is 2.26. The standard InChI is InChI=1S/C25H28Cl2N4O4/c1-2-35-25(34)16-6-9-18(10-7-16)31-21(15-32)22(24(33)29-30-12-4-3-5-13-30)28-23(31)19-11-8-17(26)14-20(19)27/h6-11,14,24,29,32-33H,2-5,12-13,15H2,1H3. The van der Waals surface area contributed by atoms with Gasteiger partial charge in [0.25, 0.3) is 0 Å². The van der Waals surface area contributed by atoms with Gasteiger partial charge in [0.05, 0.1) is 29.5 Å². The predicted octanol–water partition coefficient (Wildman–Crippen LogP) is 4.50. The Morgan fingerprint density at radius 2 is 1.86 bits per heavy atom. The van der Waals surface area contributed by atoms with Gasteiger partial charge in [-0.15, -0.1) is 0 Å². The van der Waals surface area contributed by atoms with E-state index < -0.39 is 12.2 Å². The van der Waals surface area contributed by atoms with Gasteiger partial charge in [-0.1, -0.05) is 29.6 Å². The second-order valence-electron chi connectivity index (χ2n) is 8.23. The lowest BCUT2D eigenvalue weighted by Gasteiger charge is -2.29. The lowest BCUT2D eigenvalue weighted by atomic mass is 10.1. The molecule has 2 aromatic carbocycles. The summed E-state index contributed by atoms with van der Waals surface area (Å²) in [5.41, 5.74) is 5.40. The maximum Gasteiger partial charge on any atom is 0.338 e. The summed E-state index contributed by atoms with van der Waals surface area (Å²) in [6, 6.07) is 11.8. The molecule has 3 N–H and O–H groups in total. The average Bonchev–Trinajstić information content (AvgIpc) is 3.24. The number of aromatic nitrogens is 2. The van der Waals surface area contributed by atoms with Crippen LogP contribution in [0.2, 0.25) is 10.0 Å². The topological polar surface area (TPSA) is 99.9 Å². The molecule has 1 saturated heterocycles. The first-order valence-electron chi connectivity index (χ1n) is 11.6. The Balaban J connectivity index is 1.80. The Hall–Kier alpha value is -2.46. The van der Waals surface area contributed by atoms with Gasteiger partial charge in [0, 0.05) is 29.4 Å². The van der Waals surface area contributed by atoms with Crippen molar-refractivity contribution in [2.24, 2.45) is 0 Å². The van der Waals surface area contributed by atoms with Crippen LogP contribution in [0.3, 0.4) is 0 Å². The van der Waals surface area contributed by atoms with E-state index in [9.17, 15) is 15.0 Å². The molecule has 186 valence electrons. The number of benzene rings is 2. The van der Waals surface area contributed by atoms with Crippen LogP contribution >= 0.6 is 23.2 Å². The fourth-order valence-electron chi connectivity index (χ4n) is 4.19. The van der Waals surface area contributed by atoms with Gasteiger partial charge in [0.15, 0.2) is 6.23 Å². The number of nitrogens with one attached hydrogen (secondary N) is 1. The number of hydrogen-bond donors (Lipinski definition) is 3. The summed E-state index contributed by atoms with van der Waals surface area (Å²) in [5.74, 6) is 0.00368. The summed E-state index contributed by atoms with van der Waals surface area (Å²) < 4.78 is 6.79. The molecule has 10 heteroatoms. The Bertz CT molecular complexity index is 1180. The van der Waals surface area contributed by atoms with E-state index >= 15 is 0 Å². The first-order valence-corrected chi connectivity index (χ1v) is 12.3. The Morgan fingerprint density at radius 3 is 2.49 bits per heavy atom. The Morgan fingerprint density at radius 1 is 1.14 bits per heavy atom. The smallest absolute Gasteiger partial charge is 0.338 e. The number of aliphatic hydroxyl groups excluding tert-OH is 2. The van der Waals surface area contributed by atoms with Gasteiger partial charge in [0.2, 0.25) is 0 Å². The van der Waals surface area contributed by atoms with Crippen LogP contribution in [0.5, 0.6) is 0 Å². The van der Waals surface area contributed by atoms with Crippen molar-refractivity contribution in [2.75, 3.05) is 19.7 Å². The van der Waals surface area contributed by atoms with Crippen LogP contribution in [0.25, 0.3) is 17.1 Å². The van der Waals surface area contributed by atoms with Crippen molar-refractivity contribution in [1.82, 2.24) is 20.0 Å². The fraction of sp³-hybridized carbons (Fsp3) is 0.360. The monoisotopic (exact) mass is 518 g/mol. The number of esters is 1. The van der Waals surface area contributed by atoms with Gasteiger partial charge < -0.3 is 14.9 Å². The maximum atomic E-state index is 12.1. The maximum absolute atomic E-state index is 12.1. The van der Waals surface area contributed by atoms with Gasteiger partial charge >= 0.3 is 5.97 Å². The van der Waals surface area contributed by atoms with Crippen molar-refractivity contribution in [3.05, 3.63) is 69.5 Å². The average molecular weight is 519 g/mol. The zero-order valence-corrected chi connectivity index (χ0v) is 20.9. The van der Waals surface area contributed by atoms with E-state index in [2.05, 4.69) is 5.43 Å². The van der Waals surface area contributed by atoms with Crippen LogP contribution in [0.4, 0.5) is 0 Å². The Labute approximate surface area is 214 Å². The van der Waals surface area contributed by atoms with E-state index in [1.807, 2.05) is 5.01 Å². The summed E-state index contributed by atoms with van der Waals surface area (Å²) in [4.78, 5) is 16.8. The molecule has 35 heavy (non-hydrogen) atoms. The van der Waals surface area contributed by atoms with E-state index in [1.54, 1.807) is 54.0 Å². The largest absolute Gasteiger partial charge is 0.462 e. The van der Waals surface area contributed by atoms with E-state index in [0.29, 0.717) is 38.4 Å². The number of carbonyl (C=O) groups excluding carboxylic acids is 1. The lowest BCUT2D eigenvalue weighted by Crippen LogP contribution is -2.43. The van der Waals surface area contributed by atoms with Crippen LogP contribution < -0.4 is 5.43 Å². The lowest BCUT2D eigenvalue weighted by molar-refractivity contribution is 0.0195. The van der Waals surface area contributed by atoms with Crippen molar-refractivity contribution in [2.45, 2.75) is 39.0 Å². The van der Waals surface area contributed by atoms with Crippen molar-refractivity contribution in [1.29, 1.82) is 0 Å². The fourth-order valence-corrected chi connectivity index (χ4v) is 4.68. The summed E-state index contributed by atoms with van der Waals surface area (Å²) in [7, 11) is 0. The number of hydrazine groups is 1. The predicted molar refractivity (Wildman–Crippen MR) is 134 cm³/mol. The molecule has 3 aromatic rings. The van der Waals surface area contributed by atoms with E-state index in [4.69, 9.17) is 32.9 Å². The van der Waals surface area contributed by atoms with Crippen molar-refractivity contribution < 1.29 is 19.7 Å². The third-order valence-corrected chi connectivity index (χ3v) is 6.43. The van der Waals surface area contributed by atoms with E-state index in [-0.39, 0.29) is 18.9 Å². The molecule has 0 saturated carbocycles. The van der Waals surface area contributed by atoms with Crippen molar-refractivity contribution in [3.8, 4) is 17.1 Å². The molecule has 1 aromatic heterocycles. The molecule has 1 aliphatic rings. The number of hydrogen-bond acceptors (Lipinski definition) is 7. The zero-order chi connectivity index (χ0) is 24.9. The molecule has 1 fully saturated rings. The van der Waals surface area contributed by atoms with E-state index in [1.165, 1.54) is 0 Å². The molecule has 0 bridgehead atoms. The van der Waals surface area contributed by atoms with Gasteiger partial charge in [-0.05, 0) is 62.2 Å². The molecular weight excluding hydrogens is 491 g/mol. The van der Waals surface area contributed by atoms with Gasteiger partial charge in [-0.25, -0.2) is 20.2 Å². The minimum atomic E-state index is -1.14. The summed E-state index contributed by atoms with van der Waals surface area (Å²) in [6.07, 6.45) is 2.10. The molecule has 1 aliphatic heterocycles. The first kappa shape index (κ1) is 25.6. The summed E-state index contributed by atoms with van der Waals surface area (Å²) in [5, 5.41) is 24.2. The zero-order valence-electron chi connectivity index (χ0n) is 19.4. The number of imidazole rings is 1. The number of rotatable bonds is 8. The number of halogens is 2. The van der Waals surface area contributed by atoms with Crippen LogP contribution in [-0.2, 0) is 11.3 Å². The molecule has 1 atom stereocenters. The SMILES string of the molecule is CCOC(=O)c1ccc(-n2c(-c3ccc(Cl)cc3Cl)nc(C(O)NN3CCCCC3)c2CO)cc1. The minimum absolute atomic E-state index is 0.279. The third kappa shape index (κ3) is 5.69. The van der Waals surface area contributed by atoms with Crippen molar-refractivity contribution >= 4 is 29.2 Å². The Kier molecular flexibility index (Phi) is 8.43. The molecule has 0 spiro atoms. The van der Waals surface area contributed by atoms with E-state index in [0.717, 1.165) is 32.4 Å². The third-order valence-electron chi connectivity index (χ3n) is 5.88. The second kappa shape index (κ2) is 11.5. The number of aliphatic hydroxyl groups is 2. The molecule has 2 heterocycles. The van der Waals surface area contributed by atoms with Crippen LogP contribution in [0.15, 0.2) is 42.5 Å². The molecule has 8 nitrogen and oxygen atoms in total. The van der Waals surface area contributed by atoms with Gasteiger partial charge in [-0.3, -0.25) is 4.57 Å². The van der Waals surface area contributed by atoms with Crippen LogP contribution in [0.1, 0.15) is 54.2 Å². The molecule has 0 radical (unpaired) electrons. The van der Waals surface area contributed by atoms with Crippen molar-refractivity contribution in [3.63, 3.8) is 0 Å². The molecule has 0 aliphatic carbocycles. The normalized spacial score (nSPS) is 15.2. The highest BCUT2D eigenvalue weighted by molar-refractivity contribution is 6.36. The summed E-state index contributed by atoms with van der Waals surface area (Å²) in [6.45, 7) is 3.28. The van der Waals surface area contributed by atoms with Gasteiger partial charge in [-0.2, -0.15) is 0 Å². The number of nitrogens with zero attached hydrogens (tertiary/aromatic N) is 3. The number of piperidine rings is 1. The molecule has 4 rings (SSSR count). The molecule has 0 amide bonds. The number of ether oxygens (including phenoxy) is 1. The molecule has 1 unspecified atom stereocenters. The van der Waals surface area contributed by atoms with Crippen LogP contribution in [0, 0.1) is 0 Å². The highest BCUT2D eigenvalue weighted by Crippen LogP contribution is 2.35. The summed E-state index contributed by atoms with van der Waals surface area (Å²) >= 11 is 12.6. The minimum Gasteiger partial charge on any atom is -0.462 e. The molecular formula is C25H28Cl2N4O4. The van der Waals surface area contributed by atoms with Crippen LogP contribution in [-0.4, -0.2) is 50.4 Å². The first-order chi connectivity index (χ1) is 16.9. The second-order valence-corrected chi connectivity index (χ2v) is 9.08. The highest BCUT2D eigenvalue weighted by atomic mass is 35.5. The quantitative estimate of drug-likeness (QED) is 0.298. The van der Waals surface area contributed by atoms with Gasteiger partial charge in [0.1, 0.15) is 11.5 Å².